The molecule has 0 bridgehead atoms. The Morgan fingerprint density at radius 1 is 1.88 bits per heavy atom. The molecule has 0 aromatic carbocycles. The van der Waals surface area contributed by atoms with Gasteiger partial charge in [-0.15, -0.1) is 0 Å². The molecule has 8 heavy (non-hydrogen) atoms. The average Bonchev–Trinajstić information content (AvgIpc) is 1.83. The van der Waals surface area contributed by atoms with Crippen molar-refractivity contribution in [3.63, 3.8) is 0 Å². The molecule has 0 heterocycles. The van der Waals surface area contributed by atoms with Crippen LogP contribution in [0.5, 0.6) is 0 Å². The van der Waals surface area contributed by atoms with E-state index in [-0.39, 0.29) is 0 Å². The van der Waals surface area contributed by atoms with Gasteiger partial charge in [0.2, 0.25) is 0 Å². The summed E-state index contributed by atoms with van der Waals surface area (Å²) in [7, 11) is 4.13. The van der Waals surface area contributed by atoms with Crippen molar-refractivity contribution >= 4 is 12.2 Å². The van der Waals surface area contributed by atoms with E-state index in [1.165, 1.54) is 7.11 Å². The zero-order chi connectivity index (χ0) is 6.41. The second-order valence-electron chi connectivity index (χ2n) is 0.887. The van der Waals surface area contributed by atoms with Crippen molar-refractivity contribution in [1.82, 2.24) is 0 Å². The monoisotopic (exact) mass is 116 g/mol. The fourth-order valence-electron chi connectivity index (χ4n) is 0.133. The minimum Gasteiger partial charge on any atom is -0.465 e. The number of hydrogen-bond acceptors (Lipinski definition) is 4. The zero-order valence-corrected chi connectivity index (χ0v) is 4.46. The van der Waals surface area contributed by atoms with Crippen LogP contribution < -0.4 is 0 Å². The standard InChI is InChI=1S/C4H6NO3/c1-7-4(6)3-5-8-2/h3H,2H2,1H3/b5-3+. The first-order chi connectivity index (χ1) is 3.81. The minimum absolute atomic E-state index is 0.561. The van der Waals surface area contributed by atoms with E-state index in [1.54, 1.807) is 0 Å². The molecular formula is C4H6NO3. The third kappa shape index (κ3) is 3.14. The van der Waals surface area contributed by atoms with E-state index in [1.807, 2.05) is 0 Å². The Morgan fingerprint density at radius 2 is 2.50 bits per heavy atom. The van der Waals surface area contributed by atoms with E-state index in [4.69, 9.17) is 0 Å². The lowest BCUT2D eigenvalue weighted by molar-refractivity contribution is -0.132. The van der Waals surface area contributed by atoms with Gasteiger partial charge in [0.05, 0.1) is 7.11 Å². The Hall–Kier alpha value is -1.06. The highest BCUT2D eigenvalue weighted by molar-refractivity contribution is 6.22. The van der Waals surface area contributed by atoms with E-state index in [2.05, 4.69) is 21.8 Å². The first-order valence-electron chi connectivity index (χ1n) is 1.83. The molecule has 4 heteroatoms. The summed E-state index contributed by atoms with van der Waals surface area (Å²) in [6.45, 7) is 0. The fourth-order valence-corrected chi connectivity index (χ4v) is 0.133. The largest absolute Gasteiger partial charge is 0.465 e. The molecule has 4 nitrogen and oxygen atoms in total. The summed E-state index contributed by atoms with van der Waals surface area (Å²) in [5, 5.41) is 3.03. The summed E-state index contributed by atoms with van der Waals surface area (Å²) in [4.78, 5) is 14.0. The van der Waals surface area contributed by atoms with Crippen LogP contribution in [0.4, 0.5) is 0 Å². The van der Waals surface area contributed by atoms with Crippen molar-refractivity contribution in [2.45, 2.75) is 0 Å². The molecule has 0 unspecified atom stereocenters. The number of carbonyl (C=O) groups excluding carboxylic acids is 1. The number of oxime groups is 1. The van der Waals surface area contributed by atoms with Crippen LogP contribution in [0, 0.1) is 7.11 Å². The third-order valence-corrected chi connectivity index (χ3v) is 0.434. The summed E-state index contributed by atoms with van der Waals surface area (Å²) in [5.41, 5.74) is 0. The van der Waals surface area contributed by atoms with E-state index in [0.29, 0.717) is 0 Å². The molecule has 0 N–H and O–H groups in total. The average molecular weight is 116 g/mol. The Morgan fingerprint density at radius 3 is 2.88 bits per heavy atom. The molecule has 1 radical (unpaired) electrons. The Labute approximate surface area is 47.1 Å². The Balaban J connectivity index is 3.37. The molecule has 0 aliphatic rings. The SMILES string of the molecule is [CH2]O/N=C/C(=O)OC. The molecule has 0 amide bonds. The van der Waals surface area contributed by atoms with E-state index < -0.39 is 5.97 Å². The molecule has 45 valence electrons. The topological polar surface area (TPSA) is 47.9 Å². The Kier molecular flexibility index (Phi) is 3.56. The first-order valence-corrected chi connectivity index (χ1v) is 1.83. The van der Waals surface area contributed by atoms with E-state index >= 15 is 0 Å². The quantitative estimate of drug-likeness (QED) is 0.289. The second kappa shape index (κ2) is 4.11. The van der Waals surface area contributed by atoms with Crippen molar-refractivity contribution in [1.29, 1.82) is 0 Å². The second-order valence-corrected chi connectivity index (χ2v) is 0.887. The summed E-state index contributed by atoms with van der Waals surface area (Å²) in [6, 6.07) is 0. The highest BCUT2D eigenvalue weighted by Crippen LogP contribution is 1.69. The van der Waals surface area contributed by atoms with Crippen LogP contribution in [0.25, 0.3) is 0 Å². The first kappa shape index (κ1) is 6.94. The lowest BCUT2D eigenvalue weighted by Gasteiger charge is -1.85. The molecule has 0 saturated carbocycles. The van der Waals surface area contributed by atoms with Crippen LogP contribution in [0.3, 0.4) is 0 Å². The van der Waals surface area contributed by atoms with E-state index in [0.717, 1.165) is 6.21 Å². The van der Waals surface area contributed by atoms with Crippen molar-refractivity contribution in [3.05, 3.63) is 7.11 Å². The molecule has 0 rings (SSSR count). The number of ether oxygens (including phenoxy) is 1. The van der Waals surface area contributed by atoms with Crippen LogP contribution in [0.1, 0.15) is 0 Å². The van der Waals surface area contributed by atoms with Crippen LogP contribution in [0.2, 0.25) is 0 Å². The summed E-state index contributed by atoms with van der Waals surface area (Å²) in [6.07, 6.45) is 0.882. The van der Waals surface area contributed by atoms with Gasteiger partial charge in [-0.05, 0) is 0 Å². The summed E-state index contributed by atoms with van der Waals surface area (Å²) in [5.74, 6) is -0.561. The van der Waals surface area contributed by atoms with Crippen molar-refractivity contribution in [2.24, 2.45) is 5.16 Å². The zero-order valence-electron chi connectivity index (χ0n) is 4.46. The smallest absolute Gasteiger partial charge is 0.352 e. The lowest BCUT2D eigenvalue weighted by atomic mass is 10.8. The van der Waals surface area contributed by atoms with Gasteiger partial charge in [-0.1, -0.05) is 5.16 Å². The number of nitrogens with zero attached hydrogens (tertiary/aromatic N) is 1. The maximum atomic E-state index is 10.1. The van der Waals surface area contributed by atoms with Gasteiger partial charge < -0.3 is 9.57 Å². The number of rotatable bonds is 2. The van der Waals surface area contributed by atoms with Crippen LogP contribution in [0.15, 0.2) is 5.16 Å². The maximum absolute atomic E-state index is 10.1. The van der Waals surface area contributed by atoms with Crippen LogP contribution >= 0.6 is 0 Å². The van der Waals surface area contributed by atoms with Crippen molar-refractivity contribution in [2.75, 3.05) is 7.11 Å². The lowest BCUT2D eigenvalue weighted by Crippen LogP contribution is -2.00. The molecule has 0 fully saturated rings. The normalized spacial score (nSPS) is 9.25. The van der Waals surface area contributed by atoms with Crippen molar-refractivity contribution in [3.8, 4) is 0 Å². The highest BCUT2D eigenvalue weighted by atomic mass is 16.6. The molecular weight excluding hydrogens is 110 g/mol. The van der Waals surface area contributed by atoms with E-state index in [9.17, 15) is 4.79 Å². The van der Waals surface area contributed by atoms with Crippen molar-refractivity contribution < 1.29 is 14.4 Å². The van der Waals surface area contributed by atoms with Gasteiger partial charge in [0, 0.05) is 0 Å². The Bertz CT molecular complexity index is 99.5. The van der Waals surface area contributed by atoms with Gasteiger partial charge in [0.1, 0.15) is 0 Å². The van der Waals surface area contributed by atoms with Crippen LogP contribution in [-0.4, -0.2) is 19.3 Å². The minimum atomic E-state index is -0.561. The molecule has 0 spiro atoms. The predicted octanol–water partition coefficient (Wildman–Crippen LogP) is -0.0466. The number of hydrogen-bond donors (Lipinski definition) is 0. The predicted molar refractivity (Wildman–Crippen MR) is 26.9 cm³/mol. The fraction of sp³-hybridized carbons (Fsp3) is 0.250. The maximum Gasteiger partial charge on any atom is 0.352 e. The molecule has 0 aliphatic carbocycles. The molecule has 0 aromatic rings. The van der Waals surface area contributed by atoms with Gasteiger partial charge in [-0.25, -0.2) is 4.79 Å². The molecule has 0 saturated heterocycles. The molecule has 0 atom stereocenters. The molecule has 0 aliphatic heterocycles. The third-order valence-electron chi connectivity index (χ3n) is 0.434. The van der Waals surface area contributed by atoms with Gasteiger partial charge in [0.25, 0.3) is 0 Å². The summed E-state index contributed by atoms with van der Waals surface area (Å²) >= 11 is 0. The molecule has 0 aromatic heterocycles. The van der Waals surface area contributed by atoms with Crippen LogP contribution in [-0.2, 0) is 14.4 Å². The van der Waals surface area contributed by atoms with Gasteiger partial charge in [-0.3, -0.25) is 0 Å². The highest BCUT2D eigenvalue weighted by Gasteiger charge is 1.88. The van der Waals surface area contributed by atoms with Gasteiger partial charge >= 0.3 is 5.97 Å². The van der Waals surface area contributed by atoms with Gasteiger partial charge in [-0.2, -0.15) is 0 Å². The number of esters is 1. The van der Waals surface area contributed by atoms with Gasteiger partial charge in [0.15, 0.2) is 13.3 Å². The summed E-state index contributed by atoms with van der Waals surface area (Å²) < 4.78 is 4.16. The number of carbonyl (C=O) groups is 1. The number of methoxy groups -OCH3 is 1.